The van der Waals surface area contributed by atoms with Crippen molar-refractivity contribution in [2.75, 3.05) is 11.4 Å². The number of anilines is 1. The van der Waals surface area contributed by atoms with E-state index in [1.54, 1.807) is 17.5 Å². The van der Waals surface area contributed by atoms with E-state index in [0.29, 0.717) is 5.69 Å². The van der Waals surface area contributed by atoms with Gasteiger partial charge >= 0.3 is 6.18 Å². The zero-order valence-electron chi connectivity index (χ0n) is 17.7. The molecule has 2 aromatic carbocycles. The van der Waals surface area contributed by atoms with Crippen molar-refractivity contribution in [2.45, 2.75) is 24.9 Å². The normalized spacial score (nSPS) is 12.2. The Bertz CT molecular complexity index is 1430. The largest absolute Gasteiger partial charge is 0.416 e. The van der Waals surface area contributed by atoms with Crippen molar-refractivity contribution < 1.29 is 26.1 Å². The van der Waals surface area contributed by atoms with Crippen LogP contribution < -0.4 is 4.31 Å². The van der Waals surface area contributed by atoms with Crippen molar-refractivity contribution in [3.05, 3.63) is 70.6 Å². The van der Waals surface area contributed by atoms with Gasteiger partial charge in [-0.15, -0.1) is 11.3 Å². The van der Waals surface area contributed by atoms with Crippen molar-refractivity contribution in [3.63, 3.8) is 0 Å². The van der Waals surface area contributed by atoms with Crippen molar-refractivity contribution in [1.82, 2.24) is 10.1 Å². The molecule has 0 aliphatic rings. The number of hydrogen-bond donors (Lipinski definition) is 0. The van der Waals surface area contributed by atoms with Crippen LogP contribution >= 0.6 is 11.3 Å². The summed E-state index contributed by atoms with van der Waals surface area (Å²) in [6, 6.07) is 11.3. The second-order valence-electron chi connectivity index (χ2n) is 7.36. The van der Waals surface area contributed by atoms with Gasteiger partial charge in [0.2, 0.25) is 5.82 Å². The second-order valence-corrected chi connectivity index (χ2v) is 10.2. The minimum absolute atomic E-state index is 0.0347. The number of halogens is 3. The molecule has 0 amide bonds. The van der Waals surface area contributed by atoms with Gasteiger partial charge in [-0.3, -0.25) is 4.31 Å². The molecule has 2 aromatic heterocycles. The molecule has 0 unspecified atom stereocenters. The molecule has 0 saturated heterocycles. The highest BCUT2D eigenvalue weighted by Crippen LogP contribution is 2.36. The fraction of sp³-hybridized carbons (Fsp3) is 0.182. The highest BCUT2D eigenvalue weighted by molar-refractivity contribution is 7.93. The average molecular weight is 494 g/mol. The van der Waals surface area contributed by atoms with E-state index >= 15 is 0 Å². The Balaban J connectivity index is 1.70. The van der Waals surface area contributed by atoms with E-state index in [-0.39, 0.29) is 27.1 Å². The van der Waals surface area contributed by atoms with Gasteiger partial charge in [0, 0.05) is 12.6 Å². The molecule has 4 aromatic rings. The van der Waals surface area contributed by atoms with Crippen LogP contribution in [0, 0.1) is 13.8 Å². The fourth-order valence-electron chi connectivity index (χ4n) is 3.13. The molecule has 172 valence electrons. The molecule has 33 heavy (non-hydrogen) atoms. The lowest BCUT2D eigenvalue weighted by Crippen LogP contribution is -2.26. The third kappa shape index (κ3) is 4.38. The zero-order chi connectivity index (χ0) is 24.0. The van der Waals surface area contributed by atoms with Gasteiger partial charge in [0.15, 0.2) is 0 Å². The third-order valence-electron chi connectivity index (χ3n) is 5.19. The monoisotopic (exact) mass is 493 g/mol. The minimum Gasteiger partial charge on any atom is -0.333 e. The molecule has 0 fully saturated rings. The summed E-state index contributed by atoms with van der Waals surface area (Å²) in [5, 5.41) is 5.33. The molecule has 0 saturated carbocycles. The van der Waals surface area contributed by atoms with Gasteiger partial charge in [0.1, 0.15) is 9.77 Å². The van der Waals surface area contributed by atoms with Crippen LogP contribution in [0.5, 0.6) is 0 Å². The number of aromatic nitrogens is 2. The van der Waals surface area contributed by atoms with E-state index < -0.39 is 21.8 Å². The van der Waals surface area contributed by atoms with Crippen LogP contribution in [0.25, 0.3) is 22.2 Å². The Morgan fingerprint density at radius 2 is 1.79 bits per heavy atom. The van der Waals surface area contributed by atoms with Crippen LogP contribution in [0.2, 0.25) is 0 Å². The summed E-state index contributed by atoms with van der Waals surface area (Å²) >= 11 is 1.08. The Labute approximate surface area is 192 Å². The number of alkyl halides is 3. The first kappa shape index (κ1) is 23.0. The van der Waals surface area contributed by atoms with Crippen LogP contribution in [0.4, 0.5) is 18.9 Å². The van der Waals surface area contributed by atoms with Gasteiger partial charge in [0.25, 0.3) is 15.9 Å². The quantitative estimate of drug-likeness (QED) is 0.345. The highest BCUT2D eigenvalue weighted by Gasteiger charge is 2.31. The van der Waals surface area contributed by atoms with Gasteiger partial charge in [-0.25, -0.2) is 8.42 Å². The summed E-state index contributed by atoms with van der Waals surface area (Å²) in [5.74, 6) is -0.167. The standard InChI is InChI=1S/C22H18F3N3O3S2/c1-13-7-8-17(11-14(13)2)28(3)33(29,30)18-9-10-32-19(18)21-26-20(27-31-21)15-5-4-6-16(12-15)22(23,24)25/h4-12H,1-3H3. The SMILES string of the molecule is Cc1ccc(N(C)S(=O)(=O)c2ccsc2-c2nc(-c3cccc(C(F)(F)F)c3)no2)cc1C. The number of hydrogen-bond acceptors (Lipinski definition) is 6. The lowest BCUT2D eigenvalue weighted by molar-refractivity contribution is -0.137. The van der Waals surface area contributed by atoms with E-state index in [4.69, 9.17) is 4.52 Å². The first-order valence-electron chi connectivity index (χ1n) is 9.64. The van der Waals surface area contributed by atoms with Crippen molar-refractivity contribution in [1.29, 1.82) is 0 Å². The zero-order valence-corrected chi connectivity index (χ0v) is 19.3. The summed E-state index contributed by atoms with van der Waals surface area (Å²) in [7, 11) is -2.52. The predicted octanol–water partition coefficient (Wildman–Crippen LogP) is 5.93. The molecule has 0 aliphatic carbocycles. The molecule has 11 heteroatoms. The Kier molecular flexibility index (Phi) is 5.79. The minimum atomic E-state index is -4.52. The van der Waals surface area contributed by atoms with Crippen LogP contribution in [-0.2, 0) is 16.2 Å². The van der Waals surface area contributed by atoms with Crippen molar-refractivity contribution in [3.8, 4) is 22.2 Å². The summed E-state index contributed by atoms with van der Waals surface area (Å²) in [5.41, 5.74) is 1.73. The molecule has 0 aliphatic heterocycles. The first-order valence-corrected chi connectivity index (χ1v) is 12.0. The summed E-state index contributed by atoms with van der Waals surface area (Å²) in [4.78, 5) is 4.33. The van der Waals surface area contributed by atoms with E-state index in [1.807, 2.05) is 19.9 Å². The summed E-state index contributed by atoms with van der Waals surface area (Å²) in [6.07, 6.45) is -4.52. The van der Waals surface area contributed by atoms with E-state index in [1.165, 1.54) is 25.2 Å². The number of sulfonamides is 1. The summed E-state index contributed by atoms with van der Waals surface area (Å²) < 4.78 is 72.1. The Hall–Kier alpha value is -3.18. The number of aryl methyl sites for hydroxylation is 2. The van der Waals surface area contributed by atoms with Gasteiger partial charge < -0.3 is 4.52 Å². The topological polar surface area (TPSA) is 76.3 Å². The predicted molar refractivity (Wildman–Crippen MR) is 120 cm³/mol. The molecule has 0 spiro atoms. The Morgan fingerprint density at radius 3 is 2.48 bits per heavy atom. The first-order chi connectivity index (χ1) is 15.5. The smallest absolute Gasteiger partial charge is 0.333 e. The van der Waals surface area contributed by atoms with Crippen LogP contribution in [0.1, 0.15) is 16.7 Å². The molecule has 0 bridgehead atoms. The number of thiophene rings is 1. The van der Waals surface area contributed by atoms with Crippen molar-refractivity contribution >= 4 is 27.0 Å². The van der Waals surface area contributed by atoms with Crippen molar-refractivity contribution in [2.24, 2.45) is 0 Å². The summed E-state index contributed by atoms with van der Waals surface area (Å²) in [6.45, 7) is 3.82. The molecule has 6 nitrogen and oxygen atoms in total. The molecular weight excluding hydrogens is 475 g/mol. The average Bonchev–Trinajstić information content (AvgIpc) is 3.44. The molecule has 2 heterocycles. The molecule has 0 N–H and O–H groups in total. The van der Waals surface area contributed by atoms with Gasteiger partial charge in [-0.1, -0.05) is 23.4 Å². The maximum atomic E-state index is 13.3. The van der Waals surface area contributed by atoms with E-state index in [0.717, 1.165) is 38.9 Å². The van der Waals surface area contributed by atoms with Gasteiger partial charge in [-0.2, -0.15) is 18.2 Å². The van der Waals surface area contributed by atoms with Gasteiger partial charge in [-0.05, 0) is 60.7 Å². The molecular formula is C22H18F3N3O3S2. The number of benzene rings is 2. The molecule has 0 atom stereocenters. The van der Waals surface area contributed by atoms with Crippen LogP contribution in [0.15, 0.2) is 63.3 Å². The second kappa shape index (κ2) is 8.31. The molecule has 0 radical (unpaired) electrons. The maximum Gasteiger partial charge on any atom is 0.416 e. The van der Waals surface area contributed by atoms with E-state index in [9.17, 15) is 21.6 Å². The van der Waals surface area contributed by atoms with Crippen LogP contribution in [0.3, 0.4) is 0 Å². The Morgan fingerprint density at radius 1 is 1.03 bits per heavy atom. The van der Waals surface area contributed by atoms with E-state index in [2.05, 4.69) is 10.1 Å². The maximum absolute atomic E-state index is 13.3. The third-order valence-corrected chi connectivity index (χ3v) is 8.05. The molecule has 4 rings (SSSR count). The lowest BCUT2D eigenvalue weighted by atomic mass is 10.1. The fourth-order valence-corrected chi connectivity index (χ4v) is 5.63. The van der Waals surface area contributed by atoms with Gasteiger partial charge in [0.05, 0.1) is 11.3 Å². The highest BCUT2D eigenvalue weighted by atomic mass is 32.2. The lowest BCUT2D eigenvalue weighted by Gasteiger charge is -2.20. The van der Waals surface area contributed by atoms with Crippen LogP contribution in [-0.4, -0.2) is 25.6 Å². The number of rotatable bonds is 5. The number of nitrogens with zero attached hydrogens (tertiary/aromatic N) is 3.